The maximum absolute atomic E-state index is 14.7. The van der Waals surface area contributed by atoms with Crippen molar-refractivity contribution in [1.29, 1.82) is 0 Å². The molecule has 0 aromatic heterocycles. The van der Waals surface area contributed by atoms with Crippen LogP contribution >= 0.6 is 11.6 Å². The Labute approximate surface area is 247 Å². The number of carbonyl (C=O) groups is 3. The highest BCUT2D eigenvalue weighted by molar-refractivity contribution is 6.34. The molecule has 9 heteroatoms. The number of rotatable bonds is 8. The van der Waals surface area contributed by atoms with Gasteiger partial charge in [-0.1, -0.05) is 67.8 Å². The number of esters is 1. The number of aryl methyl sites for hydroxylation is 1. The van der Waals surface area contributed by atoms with Gasteiger partial charge in [0.2, 0.25) is 5.91 Å². The molecule has 1 N–H and O–H groups in total. The van der Waals surface area contributed by atoms with Gasteiger partial charge < -0.3 is 24.4 Å². The largest absolute Gasteiger partial charge is 0.465 e. The molecule has 4 heterocycles. The summed E-state index contributed by atoms with van der Waals surface area (Å²) in [5.74, 6) is -2.74. The number of unbranched alkanes of at least 4 members (excludes halogenated alkanes) is 3. The van der Waals surface area contributed by atoms with Gasteiger partial charge in [-0.2, -0.15) is 0 Å². The topological polar surface area (TPSA) is 96.4 Å². The third-order valence-electron chi connectivity index (χ3n) is 9.15. The van der Waals surface area contributed by atoms with E-state index in [4.69, 9.17) is 21.1 Å². The lowest BCUT2D eigenvalue weighted by molar-refractivity contribution is -0.160. The average Bonchev–Trinajstić information content (AvgIpc) is 3.31. The number of aliphatic hydroxyl groups excluding tert-OH is 1. The summed E-state index contributed by atoms with van der Waals surface area (Å²) in [6.07, 6.45) is 13.6. The van der Waals surface area contributed by atoms with Gasteiger partial charge in [-0.25, -0.2) is 0 Å². The van der Waals surface area contributed by atoms with Gasteiger partial charge in [-0.15, -0.1) is 0 Å². The molecule has 5 rings (SSSR count). The molecule has 1 aromatic rings. The van der Waals surface area contributed by atoms with Crippen molar-refractivity contribution in [2.24, 2.45) is 11.8 Å². The van der Waals surface area contributed by atoms with Gasteiger partial charge in [0.15, 0.2) is 0 Å². The van der Waals surface area contributed by atoms with Crippen LogP contribution in [0.5, 0.6) is 0 Å². The van der Waals surface area contributed by atoms with E-state index in [0.29, 0.717) is 43.1 Å². The fraction of sp³-hybridized carbons (Fsp3) is 0.594. The Morgan fingerprint density at radius 3 is 2.59 bits per heavy atom. The van der Waals surface area contributed by atoms with Crippen LogP contribution in [0, 0.1) is 18.8 Å². The van der Waals surface area contributed by atoms with Crippen molar-refractivity contribution in [1.82, 2.24) is 4.90 Å². The zero-order valence-electron chi connectivity index (χ0n) is 24.0. The van der Waals surface area contributed by atoms with Crippen molar-refractivity contribution in [2.75, 3.05) is 31.2 Å². The molecule has 1 aromatic carbocycles. The first-order valence-electron chi connectivity index (χ1n) is 15.0. The highest BCUT2D eigenvalue weighted by Gasteiger charge is 2.75. The Hall–Kier alpha value is -2.68. The number of ether oxygens (including phenoxy) is 2. The van der Waals surface area contributed by atoms with Crippen LogP contribution in [0.4, 0.5) is 5.69 Å². The molecule has 2 amide bonds. The Kier molecular flexibility index (Phi) is 8.92. The molecule has 1 unspecified atom stereocenters. The van der Waals surface area contributed by atoms with Crippen molar-refractivity contribution in [3.63, 3.8) is 0 Å². The van der Waals surface area contributed by atoms with E-state index in [-0.39, 0.29) is 25.0 Å². The average molecular weight is 585 g/mol. The molecule has 8 nitrogen and oxygen atoms in total. The molecule has 0 saturated carbocycles. The number of likely N-dealkylation sites (tertiary alicyclic amines) is 1. The Balaban J connectivity index is 1.62. The van der Waals surface area contributed by atoms with E-state index in [2.05, 4.69) is 0 Å². The summed E-state index contributed by atoms with van der Waals surface area (Å²) in [6.45, 7) is 4.89. The molecule has 0 bridgehead atoms. The molecule has 4 aliphatic heterocycles. The number of amides is 2. The van der Waals surface area contributed by atoms with Crippen molar-refractivity contribution < 1.29 is 29.0 Å². The molecule has 0 aliphatic carbocycles. The van der Waals surface area contributed by atoms with Crippen LogP contribution in [-0.2, 0) is 23.9 Å². The van der Waals surface area contributed by atoms with Gasteiger partial charge in [-0.3, -0.25) is 14.4 Å². The molecule has 0 radical (unpaired) electrons. The van der Waals surface area contributed by atoms with Crippen LogP contribution in [0.1, 0.15) is 63.9 Å². The van der Waals surface area contributed by atoms with Crippen LogP contribution in [0.2, 0.25) is 5.02 Å². The predicted octanol–water partition coefficient (Wildman–Crippen LogP) is 4.75. The summed E-state index contributed by atoms with van der Waals surface area (Å²) in [6, 6.07) is 4.55. The Morgan fingerprint density at radius 2 is 1.83 bits per heavy atom. The molecule has 1 spiro atoms. The smallest absolute Gasteiger partial charge is 0.313 e. The van der Waals surface area contributed by atoms with Crippen molar-refractivity contribution in [3.05, 3.63) is 53.1 Å². The number of allylic oxidation sites excluding steroid dienone is 1. The number of fused-ring (bicyclic) bond motifs is 2. The van der Waals surface area contributed by atoms with E-state index in [9.17, 15) is 19.5 Å². The van der Waals surface area contributed by atoms with E-state index in [1.54, 1.807) is 15.9 Å². The number of carbonyl (C=O) groups excluding carboxylic acids is 3. The highest BCUT2D eigenvalue weighted by Crippen LogP contribution is 2.58. The van der Waals surface area contributed by atoms with Gasteiger partial charge in [0.1, 0.15) is 23.2 Å². The van der Waals surface area contributed by atoms with Gasteiger partial charge in [0.05, 0.1) is 23.2 Å². The predicted molar refractivity (Wildman–Crippen MR) is 157 cm³/mol. The molecule has 4 aliphatic rings. The van der Waals surface area contributed by atoms with Crippen LogP contribution in [0.25, 0.3) is 0 Å². The molecule has 5 atom stereocenters. The highest BCUT2D eigenvalue weighted by atomic mass is 35.5. The zero-order valence-corrected chi connectivity index (χ0v) is 24.8. The second-order valence-electron chi connectivity index (χ2n) is 11.6. The number of benzene rings is 1. The van der Waals surface area contributed by atoms with Gasteiger partial charge in [-0.05, 0) is 57.1 Å². The van der Waals surface area contributed by atoms with Gasteiger partial charge in [0.25, 0.3) is 5.91 Å². The summed E-state index contributed by atoms with van der Waals surface area (Å²) in [5, 5.41) is 9.65. The van der Waals surface area contributed by atoms with Crippen LogP contribution in [-0.4, -0.2) is 71.3 Å². The maximum Gasteiger partial charge on any atom is 0.313 e. The Bertz CT molecular complexity index is 1210. The third-order valence-corrected chi connectivity index (χ3v) is 9.45. The van der Waals surface area contributed by atoms with E-state index >= 15 is 0 Å². The van der Waals surface area contributed by atoms with E-state index < -0.39 is 35.0 Å². The van der Waals surface area contributed by atoms with Gasteiger partial charge >= 0.3 is 5.97 Å². The van der Waals surface area contributed by atoms with E-state index in [1.807, 2.05) is 50.3 Å². The first kappa shape index (κ1) is 29.8. The minimum atomic E-state index is -1.33. The lowest BCUT2D eigenvalue weighted by Gasteiger charge is -2.39. The van der Waals surface area contributed by atoms with Crippen LogP contribution in [0.15, 0.2) is 42.5 Å². The number of halogens is 1. The molecular weight excluding hydrogens is 544 g/mol. The number of aliphatic hydroxyl groups is 1. The number of hydrogen-bond acceptors (Lipinski definition) is 6. The quantitative estimate of drug-likeness (QED) is 0.269. The summed E-state index contributed by atoms with van der Waals surface area (Å²) < 4.78 is 12.8. The summed E-state index contributed by atoms with van der Waals surface area (Å²) in [5.41, 5.74) is -0.937. The minimum absolute atomic E-state index is 0.121. The van der Waals surface area contributed by atoms with Crippen LogP contribution < -0.4 is 4.90 Å². The molecule has 41 heavy (non-hydrogen) atoms. The second-order valence-corrected chi connectivity index (χ2v) is 12.0. The fourth-order valence-electron chi connectivity index (χ4n) is 7.19. The lowest BCUT2D eigenvalue weighted by Crippen LogP contribution is -2.56. The minimum Gasteiger partial charge on any atom is -0.465 e. The van der Waals surface area contributed by atoms with Gasteiger partial charge in [0, 0.05) is 19.7 Å². The van der Waals surface area contributed by atoms with Crippen molar-refractivity contribution >= 4 is 35.1 Å². The van der Waals surface area contributed by atoms with Crippen molar-refractivity contribution in [2.45, 2.75) is 82.5 Å². The summed E-state index contributed by atoms with van der Waals surface area (Å²) >= 11 is 6.64. The number of cyclic esters (lactones) is 1. The number of anilines is 1. The first-order chi connectivity index (χ1) is 19.8. The summed E-state index contributed by atoms with van der Waals surface area (Å²) in [7, 11) is 0. The third kappa shape index (κ3) is 5.12. The molecule has 2 fully saturated rings. The first-order valence-corrected chi connectivity index (χ1v) is 15.4. The normalized spacial score (nSPS) is 32.3. The summed E-state index contributed by atoms with van der Waals surface area (Å²) in [4.78, 5) is 46.2. The van der Waals surface area contributed by atoms with E-state index in [1.165, 1.54) is 0 Å². The number of para-hydroxylation sites is 1. The van der Waals surface area contributed by atoms with E-state index in [0.717, 1.165) is 37.7 Å². The molecule has 2 saturated heterocycles. The fourth-order valence-corrected chi connectivity index (χ4v) is 7.51. The Morgan fingerprint density at radius 1 is 1.02 bits per heavy atom. The van der Waals surface area contributed by atoms with Crippen molar-refractivity contribution in [3.8, 4) is 0 Å². The molecule has 222 valence electrons. The standard InChI is InChI=1S/C32H41ClN2O6/c1-3-31-16-8-4-7-11-21-40-30(39)25(31)24-28(37)35(18-9-5-6-10-20-36)27-29(38)34(19-13-17-32(24,27)41-31)26-22(2)14-12-15-23(26)33/h8,12-17,24-25,27,36H,3-7,9-11,18-21H2,1-2H3/b16-8-/t24-,25-,27?,31+,32-/m0/s1. The number of nitrogens with zero attached hydrogens (tertiary/aromatic N) is 2. The maximum atomic E-state index is 14.7. The SMILES string of the molecule is CC[C@@]12/C=C\CCCCOC(=O)[C@@H]1[C@H]1C(=O)N(CCCCCCO)C3C(=O)N(c4c(C)cccc4Cl)CC=C[C@@]31O2. The zero-order chi connectivity index (χ0) is 29.2. The second kappa shape index (κ2) is 12.3. The monoisotopic (exact) mass is 584 g/mol. The van der Waals surface area contributed by atoms with Crippen LogP contribution in [0.3, 0.4) is 0 Å². The lowest BCUT2D eigenvalue weighted by atomic mass is 9.73. The number of hydrogen-bond donors (Lipinski definition) is 1. The molecular formula is C32H41ClN2O6.